The molecular weight excluding hydrogens is 258 g/mol. The van der Waals surface area contributed by atoms with Crippen molar-refractivity contribution in [3.8, 4) is 11.3 Å². The number of rotatable bonds is 6. The van der Waals surface area contributed by atoms with E-state index < -0.39 is 0 Å². The lowest BCUT2D eigenvalue weighted by molar-refractivity contribution is -0.107. The van der Waals surface area contributed by atoms with Gasteiger partial charge in [-0.1, -0.05) is 24.3 Å². The van der Waals surface area contributed by atoms with E-state index in [-0.39, 0.29) is 0 Å². The van der Waals surface area contributed by atoms with Gasteiger partial charge in [-0.15, -0.1) is 11.3 Å². The first-order chi connectivity index (χ1) is 9.38. The zero-order chi connectivity index (χ0) is 13.1. The van der Waals surface area contributed by atoms with E-state index in [0.29, 0.717) is 6.54 Å². The molecule has 19 heavy (non-hydrogen) atoms. The number of hydrogen-bond donors (Lipinski definition) is 2. The number of anilines is 1. The number of fused-ring (bicyclic) bond motifs is 3. The number of aromatic nitrogens is 1. The first-order valence-electron chi connectivity index (χ1n) is 6.34. The van der Waals surface area contributed by atoms with E-state index >= 15 is 0 Å². The molecule has 0 unspecified atom stereocenters. The Balaban J connectivity index is 1.64. The fourth-order valence-corrected chi connectivity index (χ4v) is 3.28. The van der Waals surface area contributed by atoms with E-state index in [2.05, 4.69) is 39.9 Å². The zero-order valence-electron chi connectivity index (χ0n) is 10.5. The minimum absolute atomic E-state index is 0.406. The van der Waals surface area contributed by atoms with Crippen molar-refractivity contribution in [2.75, 3.05) is 25.0 Å². The molecule has 0 radical (unpaired) electrons. The van der Waals surface area contributed by atoms with E-state index in [1.807, 2.05) is 0 Å². The second-order valence-electron chi connectivity index (χ2n) is 4.42. The molecule has 0 amide bonds. The normalized spacial score (nSPS) is 12.0. The van der Waals surface area contributed by atoms with Crippen molar-refractivity contribution in [3.63, 3.8) is 0 Å². The maximum absolute atomic E-state index is 10.2. The standard InChI is InChI=1S/C14H15N3OS/c18-8-7-15-5-6-16-14-17-13-11-4-2-1-3-10(11)9-12(13)19-14/h1-4,8,15H,5-7,9H2,(H,16,17). The molecule has 1 heterocycles. The largest absolute Gasteiger partial charge is 0.360 e. The van der Waals surface area contributed by atoms with E-state index in [1.54, 1.807) is 11.3 Å². The Hall–Kier alpha value is -1.72. The second-order valence-corrected chi connectivity index (χ2v) is 5.51. The van der Waals surface area contributed by atoms with Crippen LogP contribution in [0.1, 0.15) is 10.4 Å². The molecule has 0 bridgehead atoms. The highest BCUT2D eigenvalue weighted by Crippen LogP contribution is 2.40. The van der Waals surface area contributed by atoms with Crippen LogP contribution in [0.3, 0.4) is 0 Å². The Bertz CT molecular complexity index is 594. The van der Waals surface area contributed by atoms with Crippen molar-refractivity contribution >= 4 is 22.8 Å². The molecule has 1 aromatic heterocycles. The minimum atomic E-state index is 0.406. The first kappa shape index (κ1) is 12.3. The smallest absolute Gasteiger partial charge is 0.183 e. The van der Waals surface area contributed by atoms with Gasteiger partial charge in [-0.2, -0.15) is 0 Å². The van der Waals surface area contributed by atoms with Crippen LogP contribution in [0.2, 0.25) is 0 Å². The van der Waals surface area contributed by atoms with Gasteiger partial charge in [-0.05, 0) is 5.56 Å². The monoisotopic (exact) mass is 273 g/mol. The zero-order valence-corrected chi connectivity index (χ0v) is 11.3. The van der Waals surface area contributed by atoms with E-state index in [9.17, 15) is 4.79 Å². The van der Waals surface area contributed by atoms with E-state index in [1.165, 1.54) is 16.0 Å². The molecule has 98 valence electrons. The van der Waals surface area contributed by atoms with Gasteiger partial charge in [0.25, 0.3) is 0 Å². The van der Waals surface area contributed by atoms with Crippen LogP contribution in [0.4, 0.5) is 5.13 Å². The number of hydrogen-bond acceptors (Lipinski definition) is 5. The highest BCUT2D eigenvalue weighted by Gasteiger charge is 2.22. The molecule has 0 atom stereocenters. The van der Waals surface area contributed by atoms with Crippen molar-refractivity contribution < 1.29 is 4.79 Å². The van der Waals surface area contributed by atoms with Gasteiger partial charge < -0.3 is 15.4 Å². The fraction of sp³-hybridized carbons (Fsp3) is 0.286. The molecule has 0 aliphatic heterocycles. The summed E-state index contributed by atoms with van der Waals surface area (Å²) >= 11 is 1.72. The summed E-state index contributed by atoms with van der Waals surface area (Å²) in [5.74, 6) is 0. The van der Waals surface area contributed by atoms with Gasteiger partial charge in [0.2, 0.25) is 0 Å². The van der Waals surface area contributed by atoms with Gasteiger partial charge in [0.05, 0.1) is 12.2 Å². The molecule has 1 aliphatic carbocycles. The van der Waals surface area contributed by atoms with Crippen LogP contribution in [0.25, 0.3) is 11.3 Å². The first-order valence-corrected chi connectivity index (χ1v) is 7.16. The Kier molecular flexibility index (Phi) is 3.57. The van der Waals surface area contributed by atoms with Gasteiger partial charge in [-0.3, -0.25) is 0 Å². The summed E-state index contributed by atoms with van der Waals surface area (Å²) in [7, 11) is 0. The number of nitrogens with zero attached hydrogens (tertiary/aromatic N) is 1. The summed E-state index contributed by atoms with van der Waals surface area (Å²) in [6.45, 7) is 1.95. The average Bonchev–Trinajstić information content (AvgIpc) is 2.95. The molecule has 5 heteroatoms. The van der Waals surface area contributed by atoms with Crippen LogP contribution >= 0.6 is 11.3 Å². The SMILES string of the molecule is O=CCNCCNc1nc2c(s1)Cc1ccccc1-2. The Morgan fingerprint density at radius 1 is 1.32 bits per heavy atom. The van der Waals surface area contributed by atoms with Crippen molar-refractivity contribution in [1.29, 1.82) is 0 Å². The summed E-state index contributed by atoms with van der Waals surface area (Å²) < 4.78 is 0. The second kappa shape index (κ2) is 5.50. The van der Waals surface area contributed by atoms with Crippen molar-refractivity contribution in [2.24, 2.45) is 0 Å². The van der Waals surface area contributed by atoms with Crippen molar-refractivity contribution in [1.82, 2.24) is 10.3 Å². The van der Waals surface area contributed by atoms with Crippen LogP contribution in [0.5, 0.6) is 0 Å². The minimum Gasteiger partial charge on any atom is -0.360 e. The molecule has 1 aliphatic rings. The van der Waals surface area contributed by atoms with Gasteiger partial charge in [0, 0.05) is 30.0 Å². The van der Waals surface area contributed by atoms with Crippen molar-refractivity contribution in [3.05, 3.63) is 34.7 Å². The number of thiazole rings is 1. The highest BCUT2D eigenvalue weighted by atomic mass is 32.1. The predicted molar refractivity (Wildman–Crippen MR) is 77.8 cm³/mol. The molecule has 0 saturated carbocycles. The quantitative estimate of drug-likeness (QED) is 0.532. The maximum Gasteiger partial charge on any atom is 0.183 e. The maximum atomic E-state index is 10.2. The highest BCUT2D eigenvalue weighted by molar-refractivity contribution is 7.16. The van der Waals surface area contributed by atoms with E-state index in [0.717, 1.165) is 36.6 Å². The molecule has 1 aromatic carbocycles. The third-order valence-electron chi connectivity index (χ3n) is 3.13. The lowest BCUT2D eigenvalue weighted by atomic mass is 10.1. The number of carbonyl (C=O) groups excluding carboxylic acids is 1. The van der Waals surface area contributed by atoms with Crippen LogP contribution in [-0.2, 0) is 11.2 Å². The van der Waals surface area contributed by atoms with Gasteiger partial charge in [0.15, 0.2) is 5.13 Å². The van der Waals surface area contributed by atoms with Gasteiger partial charge in [-0.25, -0.2) is 4.98 Å². The predicted octanol–water partition coefficient (Wildman–Crippen LogP) is 1.91. The van der Waals surface area contributed by atoms with Gasteiger partial charge in [0.1, 0.15) is 6.29 Å². The molecule has 2 N–H and O–H groups in total. The Labute approximate surface area is 115 Å². The van der Waals surface area contributed by atoms with Crippen LogP contribution in [0.15, 0.2) is 24.3 Å². The third-order valence-corrected chi connectivity index (χ3v) is 4.14. The molecular formula is C14H15N3OS. The Morgan fingerprint density at radius 3 is 3.11 bits per heavy atom. The number of nitrogens with one attached hydrogen (secondary N) is 2. The number of aldehydes is 1. The lowest BCUT2D eigenvalue weighted by Crippen LogP contribution is -2.23. The third kappa shape index (κ3) is 2.52. The van der Waals surface area contributed by atoms with E-state index in [4.69, 9.17) is 0 Å². The fourth-order valence-electron chi connectivity index (χ4n) is 2.25. The summed E-state index contributed by atoms with van der Waals surface area (Å²) in [5, 5.41) is 7.27. The molecule has 0 fully saturated rings. The van der Waals surface area contributed by atoms with Crippen LogP contribution < -0.4 is 10.6 Å². The van der Waals surface area contributed by atoms with Crippen molar-refractivity contribution in [2.45, 2.75) is 6.42 Å². The topological polar surface area (TPSA) is 54.0 Å². The lowest BCUT2D eigenvalue weighted by Gasteiger charge is -2.03. The number of benzene rings is 1. The number of carbonyl (C=O) groups is 1. The average molecular weight is 273 g/mol. The summed E-state index contributed by atoms with van der Waals surface area (Å²) in [4.78, 5) is 16.2. The van der Waals surface area contributed by atoms with Crippen LogP contribution in [0, 0.1) is 0 Å². The molecule has 0 spiro atoms. The summed E-state index contributed by atoms with van der Waals surface area (Å²) in [6.07, 6.45) is 1.86. The van der Waals surface area contributed by atoms with Gasteiger partial charge >= 0.3 is 0 Å². The van der Waals surface area contributed by atoms with Crippen LogP contribution in [-0.4, -0.2) is 30.9 Å². The molecule has 3 rings (SSSR count). The molecule has 4 nitrogen and oxygen atoms in total. The molecule has 0 saturated heterocycles. The molecule has 2 aromatic rings. The summed E-state index contributed by atoms with van der Waals surface area (Å²) in [5.41, 5.74) is 3.76. The Morgan fingerprint density at radius 2 is 2.21 bits per heavy atom. The summed E-state index contributed by atoms with van der Waals surface area (Å²) in [6, 6.07) is 8.44.